The van der Waals surface area contributed by atoms with Crippen LogP contribution < -0.4 is 4.90 Å². The van der Waals surface area contributed by atoms with Gasteiger partial charge in [0.15, 0.2) is 0 Å². The summed E-state index contributed by atoms with van der Waals surface area (Å²) >= 11 is 0. The summed E-state index contributed by atoms with van der Waals surface area (Å²) in [5, 5.41) is 9.05. The van der Waals surface area contributed by atoms with Crippen LogP contribution in [0.4, 0.5) is 10.1 Å². The summed E-state index contributed by atoms with van der Waals surface area (Å²) in [6, 6.07) is 10.9. The second-order valence-electron chi connectivity index (χ2n) is 9.33. The molecule has 0 bridgehead atoms. The van der Waals surface area contributed by atoms with E-state index in [4.69, 9.17) is 5.11 Å². The third-order valence-electron chi connectivity index (χ3n) is 6.54. The number of allylic oxidation sites excluding steroid dienone is 1. The van der Waals surface area contributed by atoms with Gasteiger partial charge >= 0.3 is 5.97 Å². The van der Waals surface area contributed by atoms with Crippen LogP contribution in [-0.2, 0) is 5.41 Å². The quantitative estimate of drug-likeness (QED) is 0.464. The van der Waals surface area contributed by atoms with Gasteiger partial charge in [-0.25, -0.2) is 9.18 Å². The maximum Gasteiger partial charge on any atom is 0.335 e. The number of aromatic carboxylic acids is 1. The molecular weight excluding hydrogens is 389 g/mol. The van der Waals surface area contributed by atoms with Gasteiger partial charge in [0.25, 0.3) is 0 Å². The zero-order valence-corrected chi connectivity index (χ0v) is 19.1. The average Bonchev–Trinajstić information content (AvgIpc) is 2.74. The molecule has 1 atom stereocenters. The van der Waals surface area contributed by atoms with E-state index in [-0.39, 0.29) is 16.9 Å². The van der Waals surface area contributed by atoms with E-state index < -0.39 is 11.8 Å². The lowest BCUT2D eigenvalue weighted by Gasteiger charge is -2.39. The van der Waals surface area contributed by atoms with Crippen molar-refractivity contribution in [2.24, 2.45) is 0 Å². The summed E-state index contributed by atoms with van der Waals surface area (Å²) in [4.78, 5) is 13.4. The van der Waals surface area contributed by atoms with Crippen molar-refractivity contribution < 1.29 is 14.3 Å². The van der Waals surface area contributed by atoms with E-state index in [1.165, 1.54) is 29.3 Å². The van der Waals surface area contributed by atoms with Crippen molar-refractivity contribution in [3.05, 3.63) is 70.5 Å². The summed E-state index contributed by atoms with van der Waals surface area (Å²) < 4.78 is 14.4. The molecule has 2 aromatic rings. The van der Waals surface area contributed by atoms with Gasteiger partial charge in [0.05, 0.1) is 5.56 Å². The van der Waals surface area contributed by atoms with Gasteiger partial charge in [0.2, 0.25) is 0 Å². The lowest BCUT2D eigenvalue weighted by Crippen LogP contribution is -2.34. The Bertz CT molecular complexity index is 964. The molecule has 0 spiro atoms. The Balaban J connectivity index is 1.92. The van der Waals surface area contributed by atoms with E-state index in [1.54, 1.807) is 12.1 Å². The van der Waals surface area contributed by atoms with Gasteiger partial charge in [-0.05, 0) is 47.6 Å². The number of nitrogens with zero attached hydrogens (tertiary/aromatic N) is 1. The number of carbonyl (C=O) groups is 1. The van der Waals surface area contributed by atoms with E-state index in [9.17, 15) is 9.18 Å². The molecule has 31 heavy (non-hydrogen) atoms. The third kappa shape index (κ3) is 5.36. The van der Waals surface area contributed by atoms with E-state index >= 15 is 0 Å². The molecule has 4 heteroatoms. The smallest absolute Gasteiger partial charge is 0.335 e. The molecule has 0 saturated heterocycles. The topological polar surface area (TPSA) is 40.5 Å². The largest absolute Gasteiger partial charge is 0.478 e. The van der Waals surface area contributed by atoms with Crippen LogP contribution in [0.15, 0.2) is 42.5 Å². The van der Waals surface area contributed by atoms with Crippen molar-refractivity contribution in [1.82, 2.24) is 0 Å². The van der Waals surface area contributed by atoms with Gasteiger partial charge in [-0.15, -0.1) is 0 Å². The number of hydrogen-bond donors (Lipinski definition) is 1. The van der Waals surface area contributed by atoms with Gasteiger partial charge in [-0.2, -0.15) is 0 Å². The van der Waals surface area contributed by atoms with E-state index in [0.29, 0.717) is 5.56 Å². The van der Waals surface area contributed by atoms with Crippen LogP contribution in [0.1, 0.15) is 85.8 Å². The fraction of sp³-hybridized carbons (Fsp3) is 0.444. The van der Waals surface area contributed by atoms with Crippen molar-refractivity contribution in [2.45, 2.75) is 64.2 Å². The van der Waals surface area contributed by atoms with Crippen molar-refractivity contribution in [2.75, 3.05) is 18.5 Å². The fourth-order valence-electron chi connectivity index (χ4n) is 4.37. The zero-order valence-electron chi connectivity index (χ0n) is 19.1. The average molecular weight is 424 g/mol. The number of carboxylic acids is 1. The minimum atomic E-state index is -1.12. The Kier molecular flexibility index (Phi) is 7.19. The first-order valence-corrected chi connectivity index (χ1v) is 11.3. The molecule has 2 aromatic carbocycles. The second kappa shape index (κ2) is 9.67. The van der Waals surface area contributed by atoms with Gasteiger partial charge < -0.3 is 10.0 Å². The number of anilines is 1. The highest BCUT2D eigenvalue weighted by Crippen LogP contribution is 2.41. The summed E-state index contributed by atoms with van der Waals surface area (Å²) in [6.07, 6.45) is 9.46. The second-order valence-corrected chi connectivity index (χ2v) is 9.33. The van der Waals surface area contributed by atoms with Crippen LogP contribution in [0.2, 0.25) is 0 Å². The molecule has 1 aliphatic heterocycles. The van der Waals surface area contributed by atoms with Crippen LogP contribution in [0.25, 0.3) is 6.08 Å². The maximum atomic E-state index is 14.4. The van der Waals surface area contributed by atoms with Crippen LogP contribution >= 0.6 is 0 Å². The Labute approximate surface area is 185 Å². The fourth-order valence-corrected chi connectivity index (χ4v) is 4.37. The molecule has 0 radical (unpaired) electrons. The van der Waals surface area contributed by atoms with Crippen LogP contribution in [0.3, 0.4) is 0 Å². The first-order valence-electron chi connectivity index (χ1n) is 11.3. The minimum absolute atomic E-state index is 0.0329. The number of unbranched alkanes of at least 4 members (excludes halogenated alkanes) is 2. The molecule has 1 N–H and O–H groups in total. The first-order chi connectivity index (χ1) is 14.7. The molecule has 1 heterocycles. The van der Waals surface area contributed by atoms with Gasteiger partial charge in [-0.3, -0.25) is 0 Å². The van der Waals surface area contributed by atoms with Crippen molar-refractivity contribution in [3.8, 4) is 0 Å². The van der Waals surface area contributed by atoms with Gasteiger partial charge in [0, 0.05) is 30.8 Å². The number of carboxylic acid groups (broad SMARTS) is 1. The summed E-state index contributed by atoms with van der Waals surface area (Å²) in [5.74, 6) is -1.43. The molecule has 1 aliphatic rings. The predicted octanol–water partition coefficient (Wildman–Crippen LogP) is 7.02. The highest BCUT2D eigenvalue weighted by molar-refractivity contribution is 5.87. The highest BCUT2D eigenvalue weighted by atomic mass is 19.1. The molecule has 0 fully saturated rings. The van der Waals surface area contributed by atoms with Crippen LogP contribution in [-0.4, -0.2) is 24.7 Å². The van der Waals surface area contributed by atoms with E-state index in [0.717, 1.165) is 38.3 Å². The van der Waals surface area contributed by atoms with Crippen molar-refractivity contribution in [1.29, 1.82) is 0 Å². The van der Waals surface area contributed by atoms with Crippen molar-refractivity contribution in [3.63, 3.8) is 0 Å². The molecule has 3 nitrogen and oxygen atoms in total. The molecule has 0 aliphatic carbocycles. The van der Waals surface area contributed by atoms with E-state index in [2.05, 4.69) is 57.0 Å². The Morgan fingerprint density at radius 2 is 2.00 bits per heavy atom. The SMILES string of the molecule is CCCCCC(/C=C/c1ccc(C(=O)O)cc1F)c1ccc2c(c1)N(C)CCC2(C)C. The molecular formula is C27H34FNO2. The number of rotatable bonds is 8. The predicted molar refractivity (Wildman–Crippen MR) is 127 cm³/mol. The normalized spacial score (nSPS) is 16.4. The molecule has 1 unspecified atom stereocenters. The summed E-state index contributed by atoms with van der Waals surface area (Å²) in [7, 11) is 2.15. The molecule has 0 saturated carbocycles. The Hall–Kier alpha value is -2.62. The first kappa shape index (κ1) is 23.1. The zero-order chi connectivity index (χ0) is 22.6. The standard InChI is InChI=1S/C27H34FNO2/c1-5-6-7-8-19(9-10-20-11-12-22(26(30)31)17-24(20)28)21-13-14-23-25(18-21)29(4)16-15-27(23,2)3/h9-14,17-19H,5-8,15-16H2,1-4H3,(H,30,31)/b10-9+. The highest BCUT2D eigenvalue weighted by Gasteiger charge is 2.30. The third-order valence-corrected chi connectivity index (χ3v) is 6.54. The lowest BCUT2D eigenvalue weighted by molar-refractivity contribution is 0.0696. The number of hydrogen-bond acceptors (Lipinski definition) is 2. The van der Waals surface area contributed by atoms with Gasteiger partial charge in [0.1, 0.15) is 5.82 Å². The van der Waals surface area contributed by atoms with Crippen molar-refractivity contribution >= 4 is 17.7 Å². The number of halogens is 1. The summed E-state index contributed by atoms with van der Waals surface area (Å²) in [5.41, 5.74) is 4.48. The molecule has 0 aromatic heterocycles. The number of benzene rings is 2. The van der Waals surface area contributed by atoms with Gasteiger partial charge in [-0.1, -0.05) is 70.4 Å². The van der Waals surface area contributed by atoms with E-state index in [1.807, 2.05) is 0 Å². The maximum absolute atomic E-state index is 14.4. The number of fused-ring (bicyclic) bond motifs is 1. The molecule has 0 amide bonds. The van der Waals surface area contributed by atoms with Crippen LogP contribution in [0, 0.1) is 5.82 Å². The Morgan fingerprint density at radius 1 is 1.23 bits per heavy atom. The van der Waals surface area contributed by atoms with Crippen LogP contribution in [0.5, 0.6) is 0 Å². The minimum Gasteiger partial charge on any atom is -0.478 e. The monoisotopic (exact) mass is 423 g/mol. The summed E-state index contributed by atoms with van der Waals surface area (Å²) in [6.45, 7) is 7.85. The lowest BCUT2D eigenvalue weighted by atomic mass is 9.76. The Morgan fingerprint density at radius 3 is 2.68 bits per heavy atom. The molecule has 3 rings (SSSR count). The molecule has 166 valence electrons.